The van der Waals surface area contributed by atoms with Gasteiger partial charge in [-0.3, -0.25) is 5.32 Å². The van der Waals surface area contributed by atoms with Gasteiger partial charge in [0.05, 0.1) is 5.66 Å². The summed E-state index contributed by atoms with van der Waals surface area (Å²) >= 11 is 0. The van der Waals surface area contributed by atoms with Gasteiger partial charge in [0.25, 0.3) is 0 Å². The summed E-state index contributed by atoms with van der Waals surface area (Å²) in [6.07, 6.45) is 0. The van der Waals surface area contributed by atoms with Crippen LogP contribution in [-0.4, -0.2) is 18.2 Å². The average Bonchev–Trinajstić information content (AvgIpc) is 1.60. The number of nitrogens with one attached hydrogen (secondary N) is 2. The topological polar surface area (TPSA) is 24.1 Å². The van der Waals surface area contributed by atoms with Gasteiger partial charge in [-0.25, -0.2) is 0 Å². The minimum atomic E-state index is 0.0260. The number of hydrogen-bond donors (Lipinski definition) is 2. The fraction of sp³-hybridized carbons (Fsp3) is 1.00. The van der Waals surface area contributed by atoms with Crippen molar-refractivity contribution in [1.29, 1.82) is 0 Å². The Balaban J connectivity index is 3.89. The molecule has 0 heterocycles. The van der Waals surface area contributed by atoms with Crippen LogP contribution in [0.4, 0.5) is 0 Å². The van der Waals surface area contributed by atoms with E-state index in [4.69, 9.17) is 0 Å². The van der Waals surface area contributed by atoms with Crippen LogP contribution in [0, 0.1) is 0 Å². The fourth-order valence-corrected chi connectivity index (χ4v) is 1.00. The average molecular weight is 144 g/mol. The van der Waals surface area contributed by atoms with E-state index >= 15 is 0 Å². The van der Waals surface area contributed by atoms with Gasteiger partial charge >= 0.3 is 0 Å². The maximum Gasteiger partial charge on any atom is 0.0630 e. The molecule has 0 saturated heterocycles. The van der Waals surface area contributed by atoms with Crippen LogP contribution in [0.25, 0.3) is 0 Å². The highest BCUT2D eigenvalue weighted by Gasteiger charge is 2.21. The molecule has 2 heteroatoms. The van der Waals surface area contributed by atoms with Crippen LogP contribution in [0.15, 0.2) is 0 Å². The molecule has 0 rings (SSSR count). The maximum atomic E-state index is 3.43. The quantitative estimate of drug-likeness (QED) is 0.571. The van der Waals surface area contributed by atoms with Crippen LogP contribution in [0.2, 0.25) is 0 Å². The van der Waals surface area contributed by atoms with Gasteiger partial charge in [-0.15, -0.1) is 0 Å². The van der Waals surface area contributed by atoms with Gasteiger partial charge in [0.2, 0.25) is 0 Å². The van der Waals surface area contributed by atoms with Crippen LogP contribution in [-0.2, 0) is 0 Å². The highest BCUT2D eigenvalue weighted by atomic mass is 15.2. The molecule has 0 aliphatic rings. The molecule has 0 aliphatic carbocycles. The van der Waals surface area contributed by atoms with E-state index in [0.717, 1.165) is 0 Å². The summed E-state index contributed by atoms with van der Waals surface area (Å²) in [7, 11) is 1.96. The molecule has 2 N–H and O–H groups in total. The molecule has 0 aromatic rings. The third kappa shape index (κ3) is 4.77. The Hall–Kier alpha value is -0.0800. The van der Waals surface area contributed by atoms with Crippen LogP contribution in [0.1, 0.15) is 34.6 Å². The Kier molecular flexibility index (Phi) is 2.86. The van der Waals surface area contributed by atoms with Crippen molar-refractivity contribution in [1.82, 2.24) is 10.6 Å². The third-order valence-electron chi connectivity index (χ3n) is 1.31. The van der Waals surface area contributed by atoms with E-state index in [0.29, 0.717) is 0 Å². The van der Waals surface area contributed by atoms with Crippen molar-refractivity contribution in [3.63, 3.8) is 0 Å². The molecule has 0 aliphatic heterocycles. The normalized spacial score (nSPS) is 13.8. The lowest BCUT2D eigenvalue weighted by Crippen LogP contribution is -2.57. The standard InChI is InChI=1S/C8H20N2/c1-7(2,3)10-8(4,5)9-6/h9-10H,1-6H3. The Morgan fingerprint density at radius 2 is 1.30 bits per heavy atom. The molecule has 0 unspecified atom stereocenters. The third-order valence-corrected chi connectivity index (χ3v) is 1.31. The second kappa shape index (κ2) is 2.89. The van der Waals surface area contributed by atoms with Gasteiger partial charge in [-0.05, 0) is 41.7 Å². The molecule has 2 nitrogen and oxygen atoms in total. The van der Waals surface area contributed by atoms with E-state index in [2.05, 4.69) is 45.3 Å². The smallest absolute Gasteiger partial charge is 0.0630 e. The first-order valence-corrected chi connectivity index (χ1v) is 3.75. The molecule has 10 heavy (non-hydrogen) atoms. The lowest BCUT2D eigenvalue weighted by molar-refractivity contribution is 0.249. The molecule has 0 radical (unpaired) electrons. The van der Waals surface area contributed by atoms with E-state index in [1.165, 1.54) is 0 Å². The second-order valence-corrected chi connectivity index (χ2v) is 4.25. The van der Waals surface area contributed by atoms with Gasteiger partial charge in [0, 0.05) is 5.54 Å². The largest absolute Gasteiger partial charge is 0.303 e. The zero-order valence-corrected chi connectivity index (χ0v) is 8.00. The molecular formula is C8H20N2. The summed E-state index contributed by atoms with van der Waals surface area (Å²) in [5, 5.41) is 6.62. The summed E-state index contributed by atoms with van der Waals surface area (Å²) < 4.78 is 0. The molecule has 0 bridgehead atoms. The van der Waals surface area contributed by atoms with Crippen LogP contribution in [0.3, 0.4) is 0 Å². The zero-order chi connectivity index (χ0) is 8.41. The molecular weight excluding hydrogens is 124 g/mol. The molecule has 62 valence electrons. The van der Waals surface area contributed by atoms with Crippen molar-refractivity contribution in [2.45, 2.75) is 45.8 Å². The molecule has 0 fully saturated rings. The maximum absolute atomic E-state index is 3.43. The highest BCUT2D eigenvalue weighted by molar-refractivity contribution is 4.81. The van der Waals surface area contributed by atoms with E-state index in [1.54, 1.807) is 0 Å². The van der Waals surface area contributed by atoms with Crippen molar-refractivity contribution < 1.29 is 0 Å². The van der Waals surface area contributed by atoms with Gasteiger partial charge in [0.1, 0.15) is 0 Å². The number of rotatable bonds is 2. The predicted molar refractivity (Wildman–Crippen MR) is 46.0 cm³/mol. The number of hydrogen-bond acceptors (Lipinski definition) is 2. The second-order valence-electron chi connectivity index (χ2n) is 4.25. The summed E-state index contributed by atoms with van der Waals surface area (Å²) in [6, 6.07) is 0. The van der Waals surface area contributed by atoms with Crippen LogP contribution in [0.5, 0.6) is 0 Å². The van der Waals surface area contributed by atoms with Crippen molar-refractivity contribution in [2.24, 2.45) is 0 Å². The Bertz CT molecular complexity index is 100. The van der Waals surface area contributed by atoms with Gasteiger partial charge in [-0.2, -0.15) is 0 Å². The first kappa shape index (κ1) is 9.92. The molecule has 0 amide bonds. The molecule has 0 aromatic carbocycles. The molecule has 0 saturated carbocycles. The Morgan fingerprint density at radius 3 is 1.40 bits per heavy atom. The Morgan fingerprint density at radius 1 is 0.900 bits per heavy atom. The minimum Gasteiger partial charge on any atom is -0.303 e. The summed E-state index contributed by atoms with van der Waals surface area (Å²) in [5.74, 6) is 0. The zero-order valence-electron chi connectivity index (χ0n) is 8.00. The van der Waals surface area contributed by atoms with E-state index < -0.39 is 0 Å². The lowest BCUT2D eigenvalue weighted by atomic mass is 10.1. The van der Waals surface area contributed by atoms with E-state index in [9.17, 15) is 0 Å². The van der Waals surface area contributed by atoms with Crippen LogP contribution < -0.4 is 10.6 Å². The predicted octanol–water partition coefficient (Wildman–Crippen LogP) is 1.33. The summed E-state index contributed by atoms with van der Waals surface area (Å²) in [4.78, 5) is 0. The first-order valence-electron chi connectivity index (χ1n) is 3.75. The van der Waals surface area contributed by atoms with E-state index in [1.807, 2.05) is 7.05 Å². The monoisotopic (exact) mass is 144 g/mol. The molecule has 0 aromatic heterocycles. The van der Waals surface area contributed by atoms with Gasteiger partial charge in [-0.1, -0.05) is 0 Å². The SMILES string of the molecule is CNC(C)(C)NC(C)(C)C. The fourth-order valence-electron chi connectivity index (χ4n) is 1.00. The summed E-state index contributed by atoms with van der Waals surface area (Å²) in [5.41, 5.74) is 0.199. The van der Waals surface area contributed by atoms with Crippen molar-refractivity contribution in [3.8, 4) is 0 Å². The van der Waals surface area contributed by atoms with Crippen molar-refractivity contribution in [2.75, 3.05) is 7.05 Å². The van der Waals surface area contributed by atoms with Gasteiger partial charge < -0.3 is 5.32 Å². The first-order chi connectivity index (χ1) is 4.27. The van der Waals surface area contributed by atoms with Crippen molar-refractivity contribution >= 4 is 0 Å². The molecule has 0 spiro atoms. The summed E-state index contributed by atoms with van der Waals surface area (Å²) in [6.45, 7) is 10.7. The van der Waals surface area contributed by atoms with Gasteiger partial charge in [0.15, 0.2) is 0 Å². The lowest BCUT2D eigenvalue weighted by Gasteiger charge is -2.34. The van der Waals surface area contributed by atoms with E-state index in [-0.39, 0.29) is 11.2 Å². The Labute approximate surface area is 64.4 Å². The highest BCUT2D eigenvalue weighted by Crippen LogP contribution is 2.06. The minimum absolute atomic E-state index is 0.0260. The molecule has 0 atom stereocenters. The van der Waals surface area contributed by atoms with Crippen molar-refractivity contribution in [3.05, 3.63) is 0 Å². The van der Waals surface area contributed by atoms with Crippen LogP contribution >= 0.6 is 0 Å².